The van der Waals surface area contributed by atoms with Gasteiger partial charge in [0, 0.05) is 38.1 Å². The molecule has 1 saturated heterocycles. The van der Waals surface area contributed by atoms with Crippen LogP contribution < -0.4 is 11.1 Å². The number of nitrogens with two attached hydrogens (primary N) is 1. The van der Waals surface area contributed by atoms with Crippen LogP contribution in [-0.2, 0) is 4.79 Å². The van der Waals surface area contributed by atoms with Crippen LogP contribution in [0.3, 0.4) is 0 Å². The van der Waals surface area contributed by atoms with Gasteiger partial charge in [-0.15, -0.1) is 0 Å². The zero-order valence-electron chi connectivity index (χ0n) is 11.8. The van der Waals surface area contributed by atoms with E-state index in [0.29, 0.717) is 6.04 Å². The molecule has 0 aromatic carbocycles. The third-order valence-corrected chi connectivity index (χ3v) is 3.41. The van der Waals surface area contributed by atoms with E-state index in [1.54, 1.807) is 6.92 Å². The van der Waals surface area contributed by atoms with Crippen molar-refractivity contribution in [3.05, 3.63) is 0 Å². The van der Waals surface area contributed by atoms with Crippen LogP contribution in [0.2, 0.25) is 0 Å². The molecule has 3 N–H and O–H groups in total. The first-order valence-corrected chi connectivity index (χ1v) is 6.48. The van der Waals surface area contributed by atoms with Crippen molar-refractivity contribution in [1.29, 1.82) is 0 Å². The molecule has 0 spiro atoms. The van der Waals surface area contributed by atoms with Gasteiger partial charge in [0.2, 0.25) is 5.91 Å². The molecule has 3 atom stereocenters. The Morgan fingerprint density at radius 1 is 1.47 bits per heavy atom. The summed E-state index contributed by atoms with van der Waals surface area (Å²) in [5.74, 6) is 0.0601. The highest BCUT2D eigenvalue weighted by Gasteiger charge is 2.37. The fourth-order valence-corrected chi connectivity index (χ4v) is 3.11. The lowest BCUT2D eigenvalue weighted by atomic mass is 9.82. The van der Waals surface area contributed by atoms with Gasteiger partial charge in [-0.25, -0.2) is 0 Å². The normalized spacial score (nSPS) is 25.6. The summed E-state index contributed by atoms with van der Waals surface area (Å²) in [6, 6.07) is 0.795. The molecule has 1 aliphatic heterocycles. The smallest absolute Gasteiger partial charge is 0.217 e. The second-order valence-corrected chi connectivity index (χ2v) is 6.35. The average Bonchev–Trinajstić information content (AvgIpc) is 2.47. The van der Waals surface area contributed by atoms with Gasteiger partial charge in [0.15, 0.2) is 0 Å². The Kier molecular flexibility index (Phi) is 4.55. The molecule has 17 heavy (non-hydrogen) atoms. The van der Waals surface area contributed by atoms with Crippen LogP contribution in [0.25, 0.3) is 0 Å². The quantitative estimate of drug-likeness (QED) is 0.774. The minimum atomic E-state index is 0.0601. The van der Waals surface area contributed by atoms with Gasteiger partial charge in [-0.3, -0.25) is 9.69 Å². The second-order valence-electron chi connectivity index (χ2n) is 6.35. The molecule has 1 rings (SSSR count). The number of likely N-dealkylation sites (tertiary alicyclic amines) is 1. The molecule has 100 valence electrons. The summed E-state index contributed by atoms with van der Waals surface area (Å²) in [5.41, 5.74) is 6.29. The number of rotatable bonds is 3. The second kappa shape index (κ2) is 5.36. The van der Waals surface area contributed by atoms with E-state index in [9.17, 15) is 4.79 Å². The molecular weight excluding hydrogens is 214 g/mol. The molecule has 3 unspecified atom stereocenters. The lowest BCUT2D eigenvalue weighted by molar-refractivity contribution is -0.119. The molecule has 1 heterocycles. The van der Waals surface area contributed by atoms with E-state index >= 15 is 0 Å². The Hall–Kier alpha value is -0.610. The summed E-state index contributed by atoms with van der Waals surface area (Å²) < 4.78 is 0. The Labute approximate surface area is 105 Å². The Morgan fingerprint density at radius 2 is 2.06 bits per heavy atom. The monoisotopic (exact) mass is 241 g/mol. The third kappa shape index (κ3) is 3.96. The van der Waals surface area contributed by atoms with Gasteiger partial charge in [-0.1, -0.05) is 20.8 Å². The SMILES string of the molecule is CC(=O)NC1CCN(C(C(C)N)C(C)(C)C)C1. The van der Waals surface area contributed by atoms with Crippen molar-refractivity contribution in [2.75, 3.05) is 13.1 Å². The average molecular weight is 241 g/mol. The number of amides is 1. The molecule has 1 fully saturated rings. The predicted molar refractivity (Wildman–Crippen MR) is 70.7 cm³/mol. The molecule has 4 heteroatoms. The first-order chi connectivity index (χ1) is 7.71. The van der Waals surface area contributed by atoms with Gasteiger partial charge >= 0.3 is 0 Å². The van der Waals surface area contributed by atoms with Crippen molar-refractivity contribution < 1.29 is 4.79 Å². The van der Waals surface area contributed by atoms with Crippen molar-refractivity contribution in [3.8, 4) is 0 Å². The summed E-state index contributed by atoms with van der Waals surface area (Å²) in [7, 11) is 0. The van der Waals surface area contributed by atoms with Gasteiger partial charge in [-0.05, 0) is 18.8 Å². The highest BCUT2D eigenvalue weighted by molar-refractivity contribution is 5.73. The van der Waals surface area contributed by atoms with Crippen LogP contribution >= 0.6 is 0 Å². The third-order valence-electron chi connectivity index (χ3n) is 3.41. The van der Waals surface area contributed by atoms with E-state index in [2.05, 4.69) is 37.9 Å². The number of hydrogen-bond donors (Lipinski definition) is 2. The molecule has 1 amide bonds. The van der Waals surface area contributed by atoms with Gasteiger partial charge < -0.3 is 11.1 Å². The molecule has 0 bridgehead atoms. The van der Waals surface area contributed by atoms with E-state index in [4.69, 9.17) is 5.73 Å². The standard InChI is InChI=1S/C13H27N3O/c1-9(14)12(13(3,4)5)16-7-6-11(8-16)15-10(2)17/h9,11-12H,6-8,14H2,1-5H3,(H,15,17). The van der Waals surface area contributed by atoms with Crippen LogP contribution in [0, 0.1) is 5.41 Å². The summed E-state index contributed by atoms with van der Waals surface area (Å²) in [6.07, 6.45) is 1.03. The maximum Gasteiger partial charge on any atom is 0.217 e. The van der Waals surface area contributed by atoms with Crippen LogP contribution in [0.15, 0.2) is 0 Å². The maximum absolute atomic E-state index is 11.1. The summed E-state index contributed by atoms with van der Waals surface area (Å²) in [5, 5.41) is 3.00. The lowest BCUT2D eigenvalue weighted by Crippen LogP contribution is -2.53. The fourth-order valence-electron chi connectivity index (χ4n) is 3.11. The van der Waals surface area contributed by atoms with Gasteiger partial charge in [0.1, 0.15) is 0 Å². The number of nitrogens with zero attached hydrogens (tertiary/aromatic N) is 1. The summed E-state index contributed by atoms with van der Waals surface area (Å²) in [6.45, 7) is 12.3. The van der Waals surface area contributed by atoms with Crippen LogP contribution in [0.1, 0.15) is 41.0 Å². The van der Waals surface area contributed by atoms with E-state index in [0.717, 1.165) is 19.5 Å². The first kappa shape index (κ1) is 14.5. The van der Waals surface area contributed by atoms with Crippen molar-refractivity contribution in [3.63, 3.8) is 0 Å². The minimum absolute atomic E-state index is 0.0601. The van der Waals surface area contributed by atoms with E-state index in [-0.39, 0.29) is 23.4 Å². The summed E-state index contributed by atoms with van der Waals surface area (Å²) in [4.78, 5) is 13.5. The topological polar surface area (TPSA) is 58.4 Å². The fraction of sp³-hybridized carbons (Fsp3) is 0.923. The van der Waals surface area contributed by atoms with Crippen LogP contribution in [0.5, 0.6) is 0 Å². The van der Waals surface area contributed by atoms with Crippen LogP contribution in [-0.4, -0.2) is 42.0 Å². The highest BCUT2D eigenvalue weighted by Crippen LogP contribution is 2.29. The minimum Gasteiger partial charge on any atom is -0.352 e. The summed E-state index contributed by atoms with van der Waals surface area (Å²) >= 11 is 0. The molecule has 0 aromatic rings. The molecule has 0 aromatic heterocycles. The largest absolute Gasteiger partial charge is 0.352 e. The van der Waals surface area contributed by atoms with Crippen molar-refractivity contribution in [2.45, 2.75) is 59.2 Å². The molecule has 0 radical (unpaired) electrons. The molecule has 1 aliphatic rings. The van der Waals surface area contributed by atoms with E-state index in [1.165, 1.54) is 0 Å². The van der Waals surface area contributed by atoms with Gasteiger partial charge in [0.25, 0.3) is 0 Å². The van der Waals surface area contributed by atoms with Crippen molar-refractivity contribution >= 4 is 5.91 Å². The zero-order valence-corrected chi connectivity index (χ0v) is 11.8. The number of carbonyl (C=O) groups excluding carboxylic acids is 1. The number of nitrogens with one attached hydrogen (secondary N) is 1. The molecule has 0 aliphatic carbocycles. The van der Waals surface area contributed by atoms with Crippen molar-refractivity contribution in [2.24, 2.45) is 11.1 Å². The van der Waals surface area contributed by atoms with Crippen LogP contribution in [0.4, 0.5) is 0 Å². The Morgan fingerprint density at radius 3 is 2.47 bits per heavy atom. The van der Waals surface area contributed by atoms with Crippen molar-refractivity contribution in [1.82, 2.24) is 10.2 Å². The number of carbonyl (C=O) groups is 1. The molecule has 4 nitrogen and oxygen atoms in total. The maximum atomic E-state index is 11.1. The van der Waals surface area contributed by atoms with E-state index < -0.39 is 0 Å². The Bertz CT molecular complexity index is 270. The zero-order chi connectivity index (χ0) is 13.2. The lowest BCUT2D eigenvalue weighted by Gasteiger charge is -2.40. The first-order valence-electron chi connectivity index (χ1n) is 6.48. The molecule has 0 saturated carbocycles. The predicted octanol–water partition coefficient (Wildman–Crippen LogP) is 0.959. The Balaban J connectivity index is 2.64. The van der Waals surface area contributed by atoms with Gasteiger partial charge in [0.05, 0.1) is 0 Å². The highest BCUT2D eigenvalue weighted by atomic mass is 16.1. The van der Waals surface area contributed by atoms with E-state index in [1.807, 2.05) is 0 Å². The molecular formula is C13H27N3O. The number of hydrogen-bond acceptors (Lipinski definition) is 3. The van der Waals surface area contributed by atoms with Gasteiger partial charge in [-0.2, -0.15) is 0 Å².